The lowest BCUT2D eigenvalue weighted by Crippen LogP contribution is -2.29. The van der Waals surface area contributed by atoms with Crippen LogP contribution in [0.3, 0.4) is 0 Å². The molecule has 0 radical (unpaired) electrons. The SMILES string of the molecule is Cc1[nH]c(=O)c(C#N)c(C)c1CCC(=O)NC(c1ccccc1)c1cc2ccccc2o1. The molecule has 0 bridgehead atoms. The monoisotopic (exact) mass is 425 g/mol. The van der Waals surface area contributed by atoms with E-state index in [1.165, 1.54) is 0 Å². The summed E-state index contributed by atoms with van der Waals surface area (Å²) < 4.78 is 6.04. The fraction of sp³-hybridized carbons (Fsp3) is 0.192. The highest BCUT2D eigenvalue weighted by Gasteiger charge is 2.21. The Hall–Kier alpha value is -4.11. The number of aromatic nitrogens is 1. The molecule has 0 aliphatic carbocycles. The van der Waals surface area contributed by atoms with Crippen molar-refractivity contribution < 1.29 is 9.21 Å². The van der Waals surface area contributed by atoms with E-state index in [-0.39, 0.29) is 17.9 Å². The van der Waals surface area contributed by atoms with E-state index in [9.17, 15) is 14.9 Å². The average molecular weight is 425 g/mol. The van der Waals surface area contributed by atoms with Crippen LogP contribution in [0.2, 0.25) is 0 Å². The van der Waals surface area contributed by atoms with Gasteiger partial charge in [0.15, 0.2) is 0 Å². The molecule has 2 aromatic carbocycles. The maximum atomic E-state index is 12.9. The summed E-state index contributed by atoms with van der Waals surface area (Å²) in [5, 5.41) is 13.3. The molecule has 4 aromatic rings. The van der Waals surface area contributed by atoms with Crippen LogP contribution in [0.5, 0.6) is 0 Å². The van der Waals surface area contributed by atoms with E-state index >= 15 is 0 Å². The molecule has 6 heteroatoms. The molecule has 0 aliphatic heterocycles. The number of nitrogens with one attached hydrogen (secondary N) is 2. The number of aryl methyl sites for hydroxylation is 1. The third-order valence-corrected chi connectivity index (χ3v) is 5.69. The van der Waals surface area contributed by atoms with Crippen LogP contribution in [0, 0.1) is 25.2 Å². The van der Waals surface area contributed by atoms with Crippen LogP contribution in [0.15, 0.2) is 69.9 Å². The molecule has 0 spiro atoms. The van der Waals surface area contributed by atoms with Gasteiger partial charge in [-0.1, -0.05) is 48.5 Å². The molecule has 160 valence electrons. The van der Waals surface area contributed by atoms with Crippen LogP contribution in [0.4, 0.5) is 0 Å². The Morgan fingerprint density at radius 2 is 1.84 bits per heavy atom. The van der Waals surface area contributed by atoms with Crippen LogP contribution in [0.25, 0.3) is 11.0 Å². The van der Waals surface area contributed by atoms with Gasteiger partial charge in [-0.3, -0.25) is 9.59 Å². The van der Waals surface area contributed by atoms with Gasteiger partial charge in [0.1, 0.15) is 29.0 Å². The van der Waals surface area contributed by atoms with Gasteiger partial charge in [0, 0.05) is 17.5 Å². The van der Waals surface area contributed by atoms with Crippen LogP contribution >= 0.6 is 0 Å². The molecule has 6 nitrogen and oxygen atoms in total. The highest BCUT2D eigenvalue weighted by molar-refractivity contribution is 5.80. The molecule has 32 heavy (non-hydrogen) atoms. The van der Waals surface area contributed by atoms with Gasteiger partial charge in [-0.2, -0.15) is 5.26 Å². The molecule has 2 N–H and O–H groups in total. The Labute approximate surface area is 185 Å². The van der Waals surface area contributed by atoms with Crippen LogP contribution in [-0.2, 0) is 11.2 Å². The topological polar surface area (TPSA) is 98.9 Å². The minimum Gasteiger partial charge on any atom is -0.459 e. The van der Waals surface area contributed by atoms with E-state index in [2.05, 4.69) is 10.3 Å². The van der Waals surface area contributed by atoms with Crippen molar-refractivity contribution in [2.45, 2.75) is 32.7 Å². The van der Waals surface area contributed by atoms with E-state index in [0.717, 1.165) is 22.1 Å². The van der Waals surface area contributed by atoms with E-state index < -0.39 is 11.6 Å². The first-order chi connectivity index (χ1) is 15.5. The maximum absolute atomic E-state index is 12.9. The summed E-state index contributed by atoms with van der Waals surface area (Å²) in [7, 11) is 0. The Balaban J connectivity index is 1.58. The Kier molecular flexibility index (Phi) is 5.91. The Morgan fingerprint density at radius 1 is 1.12 bits per heavy atom. The fourth-order valence-corrected chi connectivity index (χ4v) is 4.00. The number of pyridine rings is 1. The minimum absolute atomic E-state index is 0.0930. The Bertz CT molecular complexity index is 1340. The number of hydrogen-bond donors (Lipinski definition) is 2. The number of hydrogen-bond acceptors (Lipinski definition) is 4. The third kappa shape index (κ3) is 4.19. The van der Waals surface area contributed by atoms with Crippen LogP contribution in [0.1, 0.15) is 46.2 Å². The average Bonchev–Trinajstić information content (AvgIpc) is 3.22. The molecule has 0 saturated heterocycles. The number of H-pyrrole nitrogens is 1. The third-order valence-electron chi connectivity index (χ3n) is 5.69. The van der Waals surface area contributed by atoms with Crippen LogP contribution in [-0.4, -0.2) is 10.9 Å². The second-order valence-corrected chi connectivity index (χ2v) is 7.77. The summed E-state index contributed by atoms with van der Waals surface area (Å²) in [5.41, 5.74) is 3.50. The molecule has 0 fully saturated rings. The van der Waals surface area contributed by atoms with Crippen molar-refractivity contribution in [3.8, 4) is 6.07 Å². The van der Waals surface area contributed by atoms with Crippen molar-refractivity contribution in [2.75, 3.05) is 0 Å². The second kappa shape index (κ2) is 8.94. The highest BCUT2D eigenvalue weighted by Crippen LogP contribution is 2.28. The van der Waals surface area contributed by atoms with Gasteiger partial charge in [-0.25, -0.2) is 0 Å². The number of carbonyl (C=O) groups excluding carboxylic acids is 1. The smallest absolute Gasteiger partial charge is 0.266 e. The molecule has 0 saturated carbocycles. The van der Waals surface area contributed by atoms with Gasteiger partial charge in [-0.05, 0) is 49.1 Å². The lowest BCUT2D eigenvalue weighted by atomic mass is 9.98. The van der Waals surface area contributed by atoms with Crippen molar-refractivity contribution >= 4 is 16.9 Å². The summed E-state index contributed by atoms with van der Waals surface area (Å²) in [6.45, 7) is 3.53. The molecule has 1 atom stereocenters. The largest absolute Gasteiger partial charge is 0.459 e. The number of nitriles is 1. The van der Waals surface area contributed by atoms with Crippen molar-refractivity contribution in [1.82, 2.24) is 10.3 Å². The second-order valence-electron chi connectivity index (χ2n) is 7.77. The molecule has 2 aromatic heterocycles. The lowest BCUT2D eigenvalue weighted by molar-refractivity contribution is -0.121. The molecule has 0 aliphatic rings. The first kappa shape index (κ1) is 21.1. The number of carbonyl (C=O) groups is 1. The molecule has 4 rings (SSSR count). The van der Waals surface area contributed by atoms with Crippen molar-refractivity contribution in [3.05, 3.63) is 105 Å². The van der Waals surface area contributed by atoms with Gasteiger partial charge >= 0.3 is 0 Å². The van der Waals surface area contributed by atoms with E-state index in [1.807, 2.05) is 66.7 Å². The lowest BCUT2D eigenvalue weighted by Gasteiger charge is -2.18. The number of aromatic amines is 1. The van der Waals surface area contributed by atoms with E-state index in [0.29, 0.717) is 23.4 Å². The predicted octanol–water partition coefficient (Wildman–Crippen LogP) is 4.45. The maximum Gasteiger partial charge on any atom is 0.266 e. The molecule has 1 amide bonds. The molecular weight excluding hydrogens is 402 g/mol. The number of rotatable bonds is 6. The summed E-state index contributed by atoms with van der Waals surface area (Å²) >= 11 is 0. The number of amides is 1. The van der Waals surface area contributed by atoms with Crippen LogP contribution < -0.4 is 10.9 Å². The zero-order valence-corrected chi connectivity index (χ0v) is 17.9. The van der Waals surface area contributed by atoms with Gasteiger partial charge in [-0.15, -0.1) is 0 Å². The Morgan fingerprint density at radius 3 is 2.56 bits per heavy atom. The summed E-state index contributed by atoms with van der Waals surface area (Å²) in [6.07, 6.45) is 0.624. The summed E-state index contributed by atoms with van der Waals surface area (Å²) in [6, 6.07) is 20.9. The van der Waals surface area contributed by atoms with Crippen molar-refractivity contribution in [1.29, 1.82) is 5.26 Å². The molecule has 2 heterocycles. The van der Waals surface area contributed by atoms with Gasteiger partial charge in [0.2, 0.25) is 5.91 Å². The standard InChI is InChI=1S/C26H23N3O3/c1-16-20(17(2)28-26(31)21(16)15-27)12-13-24(30)29-25(18-8-4-3-5-9-18)23-14-19-10-6-7-11-22(19)32-23/h3-11,14,25H,12-13H2,1-2H3,(H,28,31)(H,29,30). The van der Waals surface area contributed by atoms with E-state index in [1.54, 1.807) is 13.8 Å². The fourth-order valence-electron chi connectivity index (χ4n) is 4.00. The number of furan rings is 1. The van der Waals surface area contributed by atoms with Gasteiger partial charge in [0.25, 0.3) is 5.56 Å². The molecular formula is C26H23N3O3. The number of nitrogens with zero attached hydrogens (tertiary/aromatic N) is 1. The van der Waals surface area contributed by atoms with Gasteiger partial charge in [0.05, 0.1) is 0 Å². The van der Waals surface area contributed by atoms with Crippen molar-refractivity contribution in [2.24, 2.45) is 0 Å². The first-order valence-electron chi connectivity index (χ1n) is 10.4. The quantitative estimate of drug-likeness (QED) is 0.477. The summed E-state index contributed by atoms with van der Waals surface area (Å²) in [4.78, 5) is 27.6. The predicted molar refractivity (Wildman–Crippen MR) is 122 cm³/mol. The zero-order chi connectivity index (χ0) is 22.7. The normalized spacial score (nSPS) is 11.8. The van der Waals surface area contributed by atoms with Crippen molar-refractivity contribution in [3.63, 3.8) is 0 Å². The minimum atomic E-state index is -0.427. The highest BCUT2D eigenvalue weighted by atomic mass is 16.3. The molecule has 1 unspecified atom stereocenters. The van der Waals surface area contributed by atoms with Gasteiger partial charge < -0.3 is 14.7 Å². The first-order valence-corrected chi connectivity index (χ1v) is 10.4. The summed E-state index contributed by atoms with van der Waals surface area (Å²) in [5.74, 6) is 0.511. The van der Waals surface area contributed by atoms with E-state index in [4.69, 9.17) is 4.42 Å². The number of fused-ring (bicyclic) bond motifs is 1. The number of para-hydroxylation sites is 1. The number of benzene rings is 2. The zero-order valence-electron chi connectivity index (χ0n) is 17.9.